The van der Waals surface area contributed by atoms with Gasteiger partial charge >= 0.3 is 0 Å². The number of piperidine rings is 1. The van der Waals surface area contributed by atoms with Crippen molar-refractivity contribution in [1.29, 1.82) is 0 Å². The summed E-state index contributed by atoms with van der Waals surface area (Å²) in [5.41, 5.74) is 5.73. The van der Waals surface area contributed by atoms with E-state index in [9.17, 15) is 4.79 Å². The average molecular weight is 240 g/mol. The fraction of sp³-hybridized carbons (Fsp3) is 0.929. The van der Waals surface area contributed by atoms with Gasteiger partial charge in [0.2, 0.25) is 5.91 Å². The largest absolute Gasteiger partial charge is 0.338 e. The van der Waals surface area contributed by atoms with Gasteiger partial charge in [-0.05, 0) is 25.7 Å². The molecule has 1 atom stereocenters. The first kappa shape index (κ1) is 14.5. The van der Waals surface area contributed by atoms with E-state index >= 15 is 0 Å². The molecule has 2 N–H and O–H groups in total. The third-order valence-electron chi connectivity index (χ3n) is 3.71. The van der Waals surface area contributed by atoms with Crippen LogP contribution in [0.2, 0.25) is 0 Å². The number of hydrogen-bond donors (Lipinski definition) is 1. The van der Waals surface area contributed by atoms with Gasteiger partial charge in [-0.25, -0.2) is 0 Å². The molecule has 1 heterocycles. The van der Waals surface area contributed by atoms with Gasteiger partial charge in [-0.2, -0.15) is 0 Å². The van der Waals surface area contributed by atoms with Crippen LogP contribution in [0.5, 0.6) is 0 Å². The quantitative estimate of drug-likeness (QED) is 0.695. The van der Waals surface area contributed by atoms with E-state index in [0.717, 1.165) is 32.2 Å². The van der Waals surface area contributed by atoms with Crippen LogP contribution in [-0.2, 0) is 4.79 Å². The van der Waals surface area contributed by atoms with Crippen LogP contribution in [0.25, 0.3) is 0 Å². The van der Waals surface area contributed by atoms with Crippen LogP contribution in [0, 0.1) is 0 Å². The molecule has 100 valence electrons. The highest BCUT2D eigenvalue weighted by Crippen LogP contribution is 2.18. The molecule has 1 saturated heterocycles. The van der Waals surface area contributed by atoms with Crippen molar-refractivity contribution >= 4 is 5.91 Å². The zero-order valence-corrected chi connectivity index (χ0v) is 11.3. The number of rotatable bonds is 7. The first-order chi connectivity index (χ1) is 8.29. The molecular formula is C14H28N2O. The predicted molar refractivity (Wildman–Crippen MR) is 71.8 cm³/mol. The number of nitrogens with two attached hydrogens (primary N) is 1. The highest BCUT2D eigenvalue weighted by molar-refractivity contribution is 5.76. The Morgan fingerprint density at radius 3 is 2.71 bits per heavy atom. The summed E-state index contributed by atoms with van der Waals surface area (Å²) >= 11 is 0. The van der Waals surface area contributed by atoms with Gasteiger partial charge in [-0.3, -0.25) is 4.79 Å². The number of carbonyl (C=O) groups is 1. The zero-order chi connectivity index (χ0) is 12.5. The van der Waals surface area contributed by atoms with Crippen LogP contribution in [0.4, 0.5) is 0 Å². The number of nitrogens with zero attached hydrogens (tertiary/aromatic N) is 1. The summed E-state index contributed by atoms with van der Waals surface area (Å²) in [5, 5.41) is 0. The standard InChI is InChI=1S/C14H28N2O/c1-2-3-4-5-6-10-14(17)16-11-8-7-9-13(16)12-15/h13H,2-12,15H2,1H3. The number of carbonyl (C=O) groups excluding carboxylic acids is 1. The van der Waals surface area contributed by atoms with E-state index in [4.69, 9.17) is 5.73 Å². The van der Waals surface area contributed by atoms with Crippen LogP contribution in [0.3, 0.4) is 0 Å². The lowest BCUT2D eigenvalue weighted by Crippen LogP contribution is -2.47. The minimum absolute atomic E-state index is 0.312. The van der Waals surface area contributed by atoms with E-state index < -0.39 is 0 Å². The minimum Gasteiger partial charge on any atom is -0.338 e. The van der Waals surface area contributed by atoms with Crippen molar-refractivity contribution < 1.29 is 4.79 Å². The maximum Gasteiger partial charge on any atom is 0.222 e. The minimum atomic E-state index is 0.312. The second kappa shape index (κ2) is 8.51. The summed E-state index contributed by atoms with van der Waals surface area (Å²) < 4.78 is 0. The summed E-state index contributed by atoms with van der Waals surface area (Å²) in [6, 6.07) is 0.312. The second-order valence-corrected chi connectivity index (χ2v) is 5.14. The molecule has 1 rings (SSSR count). The van der Waals surface area contributed by atoms with Crippen LogP contribution >= 0.6 is 0 Å². The van der Waals surface area contributed by atoms with Crippen molar-refractivity contribution in [2.24, 2.45) is 5.73 Å². The molecule has 0 spiro atoms. The highest BCUT2D eigenvalue weighted by atomic mass is 16.2. The Morgan fingerprint density at radius 1 is 1.24 bits per heavy atom. The Labute approximate surface area is 106 Å². The van der Waals surface area contributed by atoms with Gasteiger partial charge in [0.15, 0.2) is 0 Å². The van der Waals surface area contributed by atoms with Crippen molar-refractivity contribution in [3.63, 3.8) is 0 Å². The number of unbranched alkanes of at least 4 members (excludes halogenated alkanes) is 4. The predicted octanol–water partition coefficient (Wildman–Crippen LogP) is 2.69. The van der Waals surface area contributed by atoms with E-state index in [-0.39, 0.29) is 0 Å². The fourth-order valence-corrected chi connectivity index (χ4v) is 2.60. The normalized spacial score (nSPS) is 20.6. The SMILES string of the molecule is CCCCCCCC(=O)N1CCCCC1CN. The lowest BCUT2D eigenvalue weighted by atomic mass is 10.0. The maximum absolute atomic E-state index is 12.1. The van der Waals surface area contributed by atoms with Crippen molar-refractivity contribution in [1.82, 2.24) is 4.90 Å². The van der Waals surface area contributed by atoms with Gasteiger partial charge in [0.1, 0.15) is 0 Å². The van der Waals surface area contributed by atoms with Crippen LogP contribution < -0.4 is 5.73 Å². The van der Waals surface area contributed by atoms with Gasteiger partial charge in [0.25, 0.3) is 0 Å². The van der Waals surface area contributed by atoms with E-state index in [1.165, 1.54) is 32.1 Å². The molecule has 0 aliphatic carbocycles. The van der Waals surface area contributed by atoms with Crippen molar-refractivity contribution in [3.05, 3.63) is 0 Å². The van der Waals surface area contributed by atoms with E-state index in [0.29, 0.717) is 18.5 Å². The Morgan fingerprint density at radius 2 is 2.00 bits per heavy atom. The molecule has 0 saturated carbocycles. The first-order valence-electron chi connectivity index (χ1n) is 7.29. The summed E-state index contributed by atoms with van der Waals surface area (Å²) in [6.07, 6.45) is 10.3. The number of amides is 1. The third-order valence-corrected chi connectivity index (χ3v) is 3.71. The number of hydrogen-bond acceptors (Lipinski definition) is 2. The Kier molecular flexibility index (Phi) is 7.25. The van der Waals surface area contributed by atoms with Crippen LogP contribution in [0.1, 0.15) is 64.7 Å². The van der Waals surface area contributed by atoms with Gasteiger partial charge < -0.3 is 10.6 Å². The Hall–Kier alpha value is -0.570. The Balaban J connectivity index is 2.20. The third kappa shape index (κ3) is 5.07. The van der Waals surface area contributed by atoms with Crippen molar-refractivity contribution in [3.8, 4) is 0 Å². The highest BCUT2D eigenvalue weighted by Gasteiger charge is 2.24. The zero-order valence-electron chi connectivity index (χ0n) is 11.3. The fourth-order valence-electron chi connectivity index (χ4n) is 2.60. The second-order valence-electron chi connectivity index (χ2n) is 5.14. The molecule has 1 fully saturated rings. The summed E-state index contributed by atoms with van der Waals surface area (Å²) in [4.78, 5) is 14.1. The molecule has 1 aliphatic rings. The van der Waals surface area contributed by atoms with Crippen molar-refractivity contribution in [2.75, 3.05) is 13.1 Å². The molecule has 0 bridgehead atoms. The molecule has 1 amide bonds. The van der Waals surface area contributed by atoms with Crippen LogP contribution in [0.15, 0.2) is 0 Å². The molecule has 1 aliphatic heterocycles. The molecule has 3 heteroatoms. The maximum atomic E-state index is 12.1. The van der Waals surface area contributed by atoms with E-state index in [2.05, 4.69) is 6.92 Å². The van der Waals surface area contributed by atoms with Gasteiger partial charge in [-0.15, -0.1) is 0 Å². The molecule has 0 aromatic heterocycles. The molecule has 17 heavy (non-hydrogen) atoms. The summed E-state index contributed by atoms with van der Waals surface area (Å²) in [7, 11) is 0. The lowest BCUT2D eigenvalue weighted by molar-refractivity contribution is -0.134. The molecule has 0 aromatic rings. The molecule has 0 aromatic carbocycles. The smallest absolute Gasteiger partial charge is 0.222 e. The molecule has 1 unspecified atom stereocenters. The van der Waals surface area contributed by atoms with Gasteiger partial charge in [-0.1, -0.05) is 32.6 Å². The first-order valence-corrected chi connectivity index (χ1v) is 7.29. The molecular weight excluding hydrogens is 212 g/mol. The van der Waals surface area contributed by atoms with Crippen LogP contribution in [-0.4, -0.2) is 29.9 Å². The number of likely N-dealkylation sites (tertiary alicyclic amines) is 1. The van der Waals surface area contributed by atoms with E-state index in [1.807, 2.05) is 4.90 Å². The summed E-state index contributed by atoms with van der Waals surface area (Å²) in [6.45, 7) is 3.77. The van der Waals surface area contributed by atoms with Crippen molar-refractivity contribution in [2.45, 2.75) is 70.8 Å². The Bertz CT molecular complexity index is 218. The van der Waals surface area contributed by atoms with Gasteiger partial charge in [0, 0.05) is 25.6 Å². The molecule has 3 nitrogen and oxygen atoms in total. The average Bonchev–Trinajstić information content (AvgIpc) is 2.38. The topological polar surface area (TPSA) is 46.3 Å². The van der Waals surface area contributed by atoms with E-state index in [1.54, 1.807) is 0 Å². The van der Waals surface area contributed by atoms with Gasteiger partial charge in [0.05, 0.1) is 0 Å². The molecule has 0 radical (unpaired) electrons. The lowest BCUT2D eigenvalue weighted by Gasteiger charge is -2.35. The summed E-state index contributed by atoms with van der Waals surface area (Å²) in [5.74, 6) is 0.330. The monoisotopic (exact) mass is 240 g/mol.